The fraction of sp³-hybridized carbons (Fsp3) is 0.652. The van der Waals surface area contributed by atoms with Crippen LogP contribution in [0.1, 0.15) is 56.6 Å². The lowest BCUT2D eigenvalue weighted by Crippen LogP contribution is -2.48. The first kappa shape index (κ1) is 25.8. The molecule has 0 radical (unpaired) electrons. The smallest absolute Gasteiger partial charge is 0.337 e. The number of nitrogens with one attached hydrogen (secondary N) is 1. The Labute approximate surface area is 197 Å². The number of carbonyl (C=O) groups excluding carboxylic acids is 1. The number of rotatable bonds is 3. The van der Waals surface area contributed by atoms with Gasteiger partial charge in [0.2, 0.25) is 0 Å². The Morgan fingerprint density at radius 2 is 1.82 bits per heavy atom. The van der Waals surface area contributed by atoms with Crippen molar-refractivity contribution in [3.8, 4) is 0 Å². The minimum absolute atomic E-state index is 0.0153. The quantitative estimate of drug-likeness (QED) is 0.486. The molecule has 3 heterocycles. The van der Waals surface area contributed by atoms with Gasteiger partial charge in [-0.2, -0.15) is 18.3 Å². The highest BCUT2D eigenvalue weighted by Gasteiger charge is 2.40. The number of hydrogen-bond donors (Lipinski definition) is 1. The number of hydrogen-bond acceptors (Lipinski definition) is 5. The molecule has 184 valence electrons. The Hall–Kier alpha value is -1.81. The summed E-state index contributed by atoms with van der Waals surface area (Å²) in [5, 5.41) is 4.39. The number of amides is 1. The maximum absolute atomic E-state index is 13.9. The molecule has 0 saturated carbocycles. The van der Waals surface area contributed by atoms with Crippen molar-refractivity contribution in [2.24, 2.45) is 11.0 Å². The predicted molar refractivity (Wildman–Crippen MR) is 123 cm³/mol. The van der Waals surface area contributed by atoms with Gasteiger partial charge in [0, 0.05) is 38.1 Å². The van der Waals surface area contributed by atoms with E-state index in [0.717, 1.165) is 32.0 Å². The van der Waals surface area contributed by atoms with E-state index in [1.54, 1.807) is 16.8 Å². The molecular weight excluding hydrogens is 456 g/mol. The Kier molecular flexibility index (Phi) is 8.66. The molecule has 0 aromatic heterocycles. The van der Waals surface area contributed by atoms with Crippen LogP contribution >= 0.6 is 11.9 Å². The number of likely N-dealkylation sites (tertiary alicyclic amines) is 1. The van der Waals surface area contributed by atoms with Crippen LogP contribution in [0.25, 0.3) is 0 Å². The van der Waals surface area contributed by atoms with E-state index in [-0.39, 0.29) is 23.4 Å². The molecule has 2 saturated heterocycles. The third kappa shape index (κ3) is 5.82. The lowest BCUT2D eigenvalue weighted by molar-refractivity contribution is -0.141. The Morgan fingerprint density at radius 1 is 1.12 bits per heavy atom. The normalized spacial score (nSPS) is 24.2. The van der Waals surface area contributed by atoms with Crippen molar-refractivity contribution in [1.82, 2.24) is 14.6 Å². The number of nitrogens with zero attached hydrogens (tertiary/aromatic N) is 3. The van der Waals surface area contributed by atoms with Crippen molar-refractivity contribution in [2.75, 3.05) is 32.4 Å². The Morgan fingerprint density at radius 3 is 2.45 bits per heavy atom. The van der Waals surface area contributed by atoms with Gasteiger partial charge < -0.3 is 10.3 Å². The highest BCUT2D eigenvalue weighted by Crippen LogP contribution is 2.40. The molecule has 1 N–H and O–H groups in total. The third-order valence-corrected chi connectivity index (χ3v) is 7.35. The average Bonchev–Trinajstić information content (AvgIpc) is 2.97. The van der Waals surface area contributed by atoms with Gasteiger partial charge in [-0.3, -0.25) is 9.10 Å². The number of halogens is 4. The largest absolute Gasteiger partial charge is 0.419 e. The van der Waals surface area contributed by atoms with Crippen molar-refractivity contribution in [2.45, 2.75) is 57.7 Å². The monoisotopic (exact) mass is 488 g/mol. The van der Waals surface area contributed by atoms with Gasteiger partial charge in [-0.25, -0.2) is 4.39 Å². The first-order chi connectivity index (χ1) is 15.8. The molecule has 2 bridgehead atoms. The van der Waals surface area contributed by atoms with Gasteiger partial charge in [-0.15, -0.1) is 0 Å². The minimum atomic E-state index is -4.74. The highest BCUT2D eigenvalue weighted by atomic mass is 32.2. The summed E-state index contributed by atoms with van der Waals surface area (Å²) in [5.74, 6) is -1.77. The fourth-order valence-corrected chi connectivity index (χ4v) is 5.48. The molecule has 0 spiro atoms. The molecular formula is C23H32F4N4OS. The first-order valence-corrected chi connectivity index (χ1v) is 12.7. The van der Waals surface area contributed by atoms with Crippen LogP contribution in [0.2, 0.25) is 0 Å². The predicted octanol–water partition coefficient (Wildman–Crippen LogP) is 4.89. The van der Waals surface area contributed by atoms with Crippen LogP contribution in [0, 0.1) is 11.7 Å². The van der Waals surface area contributed by atoms with Crippen LogP contribution in [0.3, 0.4) is 0 Å². The number of fused-ring (bicyclic) bond motifs is 2. The molecule has 4 rings (SSSR count). The van der Waals surface area contributed by atoms with Crippen LogP contribution in [0.5, 0.6) is 0 Å². The molecule has 5 nitrogen and oxygen atoms in total. The maximum atomic E-state index is 13.9. The minimum Gasteiger partial charge on any atom is -0.337 e. The van der Waals surface area contributed by atoms with E-state index in [0.29, 0.717) is 31.6 Å². The van der Waals surface area contributed by atoms with Gasteiger partial charge in [0.25, 0.3) is 5.91 Å². The molecule has 2 unspecified atom stereocenters. The Bertz CT molecular complexity index is 855. The molecule has 1 aromatic carbocycles. The van der Waals surface area contributed by atoms with Gasteiger partial charge in [-0.1, -0.05) is 37.9 Å². The summed E-state index contributed by atoms with van der Waals surface area (Å²) in [4.78, 5) is 14.9. The van der Waals surface area contributed by atoms with E-state index in [1.165, 1.54) is 12.1 Å². The summed E-state index contributed by atoms with van der Waals surface area (Å²) < 4.78 is 56.4. The third-order valence-electron chi connectivity index (χ3n) is 6.50. The van der Waals surface area contributed by atoms with Gasteiger partial charge in [0.05, 0.1) is 5.56 Å². The van der Waals surface area contributed by atoms with E-state index in [1.807, 2.05) is 20.1 Å². The lowest BCUT2D eigenvalue weighted by Gasteiger charge is -2.35. The molecule has 10 heteroatoms. The van der Waals surface area contributed by atoms with Crippen molar-refractivity contribution >= 4 is 23.6 Å². The van der Waals surface area contributed by atoms with Crippen molar-refractivity contribution < 1.29 is 22.4 Å². The second-order valence-electron chi connectivity index (χ2n) is 8.38. The molecule has 2 fully saturated rings. The Balaban J connectivity index is 0.00000149. The van der Waals surface area contributed by atoms with Crippen molar-refractivity contribution in [3.63, 3.8) is 0 Å². The van der Waals surface area contributed by atoms with Crippen LogP contribution in [-0.2, 0) is 11.0 Å². The van der Waals surface area contributed by atoms with Crippen LogP contribution < -0.4 is 5.43 Å². The molecule has 3 aliphatic heterocycles. The maximum Gasteiger partial charge on any atom is 0.419 e. The fourth-order valence-electron chi connectivity index (χ4n) is 4.86. The number of carbonyl (C=O) groups is 1. The van der Waals surface area contributed by atoms with Gasteiger partial charge in [0.15, 0.2) is 0 Å². The standard InChI is InChI=1S/C21H26F4N4OS.C2H6/c1-31-29-10-7-15-11-14(12-29)19(27-26-15)20(30)28-8-5-13(6-9-28)16-3-2-4-17(22)18(16)21(23,24)25;1-2/h2-4,13-15,26H,5-12H2,1H3;1-2H3. The molecule has 0 aliphatic carbocycles. The van der Waals surface area contributed by atoms with Gasteiger partial charge in [-0.05, 0) is 49.5 Å². The molecule has 1 amide bonds. The summed E-state index contributed by atoms with van der Waals surface area (Å²) in [6.07, 6.45) is -0.158. The van der Waals surface area contributed by atoms with E-state index in [9.17, 15) is 22.4 Å². The average molecular weight is 489 g/mol. The zero-order valence-electron chi connectivity index (χ0n) is 19.3. The van der Waals surface area contributed by atoms with E-state index >= 15 is 0 Å². The summed E-state index contributed by atoms with van der Waals surface area (Å²) in [6, 6.07) is 3.78. The van der Waals surface area contributed by atoms with Crippen molar-refractivity contribution in [3.05, 3.63) is 35.1 Å². The first-order valence-electron chi connectivity index (χ1n) is 11.5. The van der Waals surface area contributed by atoms with Crippen LogP contribution in [0.4, 0.5) is 17.6 Å². The highest BCUT2D eigenvalue weighted by molar-refractivity contribution is 7.96. The molecule has 1 aromatic rings. The number of benzene rings is 1. The molecule has 2 atom stereocenters. The topological polar surface area (TPSA) is 47.9 Å². The lowest BCUT2D eigenvalue weighted by atomic mass is 9.85. The summed E-state index contributed by atoms with van der Waals surface area (Å²) >= 11 is 1.66. The van der Waals surface area contributed by atoms with E-state index in [4.69, 9.17) is 0 Å². The van der Waals surface area contributed by atoms with E-state index in [2.05, 4.69) is 14.8 Å². The second kappa shape index (κ2) is 11.1. The zero-order valence-corrected chi connectivity index (χ0v) is 20.1. The summed E-state index contributed by atoms with van der Waals surface area (Å²) in [5.41, 5.74) is 2.43. The number of alkyl halides is 3. The zero-order chi connectivity index (χ0) is 24.2. The van der Waals surface area contributed by atoms with Crippen molar-refractivity contribution in [1.29, 1.82) is 0 Å². The van der Waals surface area contributed by atoms with Gasteiger partial charge in [0.1, 0.15) is 11.5 Å². The number of hydrazone groups is 1. The number of piperidine rings is 1. The van der Waals surface area contributed by atoms with Gasteiger partial charge >= 0.3 is 6.18 Å². The van der Waals surface area contributed by atoms with Crippen LogP contribution in [-0.4, -0.2) is 59.3 Å². The molecule has 3 aliphatic rings. The summed E-state index contributed by atoms with van der Waals surface area (Å²) in [7, 11) is 0. The SMILES string of the molecule is CC.CSN1CCC2CC(C1)C(C(=O)N1CCC(c3cccc(F)c3C(F)(F)F)CC1)=NN2. The summed E-state index contributed by atoms with van der Waals surface area (Å²) in [6.45, 7) is 6.36. The molecule has 33 heavy (non-hydrogen) atoms. The van der Waals surface area contributed by atoms with E-state index < -0.39 is 23.5 Å². The van der Waals surface area contributed by atoms with Crippen LogP contribution in [0.15, 0.2) is 23.3 Å². The second-order valence-corrected chi connectivity index (χ2v) is 9.26.